The first kappa shape index (κ1) is 12.6. The molecule has 1 aromatic heterocycles. The van der Waals surface area contributed by atoms with Crippen LogP contribution in [0, 0.1) is 0 Å². The summed E-state index contributed by atoms with van der Waals surface area (Å²) in [6.45, 7) is 0.920. The highest BCUT2D eigenvalue weighted by Gasteiger charge is 2.10. The molecule has 2 rings (SSSR count). The first-order valence-corrected chi connectivity index (χ1v) is 5.82. The van der Waals surface area contributed by atoms with E-state index in [4.69, 9.17) is 5.11 Å². The number of aromatic nitrogens is 2. The molecule has 0 aliphatic carbocycles. The highest BCUT2D eigenvalue weighted by molar-refractivity contribution is 5.92. The van der Waals surface area contributed by atoms with Crippen molar-refractivity contribution in [3.8, 4) is 0 Å². The Morgan fingerprint density at radius 1 is 1.44 bits per heavy atom. The number of rotatable bonds is 4. The van der Waals surface area contributed by atoms with Gasteiger partial charge in [-0.1, -0.05) is 0 Å². The summed E-state index contributed by atoms with van der Waals surface area (Å²) in [7, 11) is 5.96. The van der Waals surface area contributed by atoms with Crippen LogP contribution in [0.3, 0.4) is 0 Å². The molecule has 96 valence electrons. The molecule has 0 atom stereocenters. The Morgan fingerprint density at radius 2 is 2.17 bits per heavy atom. The number of benzene rings is 1. The van der Waals surface area contributed by atoms with Crippen LogP contribution in [-0.4, -0.2) is 46.2 Å². The Hall–Kier alpha value is -1.88. The van der Waals surface area contributed by atoms with E-state index in [1.165, 1.54) is 0 Å². The molecule has 18 heavy (non-hydrogen) atoms. The normalized spacial score (nSPS) is 11.3. The topological polar surface area (TPSA) is 58.4 Å². The average Bonchev–Trinajstić information content (AvgIpc) is 2.63. The summed E-state index contributed by atoms with van der Waals surface area (Å²) in [4.78, 5) is 17.6. The van der Waals surface area contributed by atoms with Crippen molar-refractivity contribution in [2.24, 2.45) is 7.05 Å². The summed E-state index contributed by atoms with van der Waals surface area (Å²) in [6.07, 6.45) is 0.848. The van der Waals surface area contributed by atoms with Crippen molar-refractivity contribution >= 4 is 17.0 Å². The maximum absolute atomic E-state index is 10.9. The van der Waals surface area contributed by atoms with Crippen molar-refractivity contribution < 1.29 is 9.90 Å². The van der Waals surface area contributed by atoms with Gasteiger partial charge in [0, 0.05) is 20.0 Å². The van der Waals surface area contributed by atoms with E-state index >= 15 is 0 Å². The molecule has 0 saturated heterocycles. The molecule has 0 spiro atoms. The molecule has 1 aromatic carbocycles. The molecule has 0 aliphatic rings. The number of hydrogen-bond donors (Lipinski definition) is 1. The van der Waals surface area contributed by atoms with E-state index in [2.05, 4.69) is 9.88 Å². The Morgan fingerprint density at radius 3 is 2.78 bits per heavy atom. The van der Waals surface area contributed by atoms with Gasteiger partial charge in [0.2, 0.25) is 0 Å². The Labute approximate surface area is 106 Å². The second-order valence-corrected chi connectivity index (χ2v) is 4.65. The Bertz CT molecular complexity index is 587. The van der Waals surface area contributed by atoms with Gasteiger partial charge in [0.05, 0.1) is 16.6 Å². The molecule has 0 saturated carbocycles. The lowest BCUT2D eigenvalue weighted by molar-refractivity contribution is 0.0697. The third-order valence-electron chi connectivity index (χ3n) is 3.00. The van der Waals surface area contributed by atoms with E-state index in [0.717, 1.165) is 29.8 Å². The van der Waals surface area contributed by atoms with Gasteiger partial charge >= 0.3 is 5.97 Å². The van der Waals surface area contributed by atoms with Crippen LogP contribution in [0.15, 0.2) is 18.2 Å². The molecule has 5 heteroatoms. The van der Waals surface area contributed by atoms with Crippen LogP contribution in [0.25, 0.3) is 11.0 Å². The van der Waals surface area contributed by atoms with Crippen LogP contribution >= 0.6 is 0 Å². The van der Waals surface area contributed by atoms with Crippen LogP contribution in [0.1, 0.15) is 16.2 Å². The predicted octanol–water partition coefficient (Wildman–Crippen LogP) is 1.38. The fourth-order valence-corrected chi connectivity index (χ4v) is 1.92. The number of imidazole rings is 1. The van der Waals surface area contributed by atoms with Crippen LogP contribution in [0.4, 0.5) is 0 Å². The molecule has 5 nitrogen and oxygen atoms in total. The number of carbonyl (C=O) groups is 1. The monoisotopic (exact) mass is 247 g/mol. The van der Waals surface area contributed by atoms with Gasteiger partial charge in [-0.15, -0.1) is 0 Å². The van der Waals surface area contributed by atoms with Crippen molar-refractivity contribution in [1.82, 2.24) is 14.5 Å². The zero-order valence-corrected chi connectivity index (χ0v) is 10.8. The van der Waals surface area contributed by atoms with Gasteiger partial charge in [-0.25, -0.2) is 9.78 Å². The summed E-state index contributed by atoms with van der Waals surface area (Å²) in [5.41, 5.74) is 2.00. The molecule has 1 N–H and O–H groups in total. The van der Waals surface area contributed by atoms with E-state index in [1.807, 2.05) is 25.7 Å². The van der Waals surface area contributed by atoms with Crippen molar-refractivity contribution in [3.05, 3.63) is 29.6 Å². The molecular weight excluding hydrogens is 230 g/mol. The minimum atomic E-state index is -0.909. The fraction of sp³-hybridized carbons (Fsp3) is 0.385. The highest BCUT2D eigenvalue weighted by atomic mass is 16.4. The summed E-state index contributed by atoms with van der Waals surface area (Å²) >= 11 is 0. The van der Waals surface area contributed by atoms with E-state index in [0.29, 0.717) is 5.56 Å². The van der Waals surface area contributed by atoms with E-state index in [1.54, 1.807) is 18.2 Å². The maximum Gasteiger partial charge on any atom is 0.335 e. The van der Waals surface area contributed by atoms with Crippen molar-refractivity contribution in [1.29, 1.82) is 0 Å². The molecule has 0 amide bonds. The van der Waals surface area contributed by atoms with Gasteiger partial charge in [0.1, 0.15) is 5.82 Å². The molecular formula is C13H17N3O2. The van der Waals surface area contributed by atoms with E-state index < -0.39 is 5.97 Å². The van der Waals surface area contributed by atoms with Gasteiger partial charge in [0.15, 0.2) is 0 Å². The number of carboxylic acid groups (broad SMARTS) is 1. The van der Waals surface area contributed by atoms with E-state index in [9.17, 15) is 4.79 Å². The number of aromatic carboxylic acids is 1. The number of hydrogen-bond acceptors (Lipinski definition) is 3. The van der Waals surface area contributed by atoms with Crippen molar-refractivity contribution in [2.45, 2.75) is 6.42 Å². The average molecular weight is 247 g/mol. The molecule has 1 heterocycles. The third kappa shape index (κ3) is 2.36. The number of aryl methyl sites for hydroxylation is 1. The van der Waals surface area contributed by atoms with Crippen LogP contribution in [0.5, 0.6) is 0 Å². The molecule has 0 radical (unpaired) electrons. The number of fused-ring (bicyclic) bond motifs is 1. The minimum absolute atomic E-state index is 0.296. The standard InChI is InChI=1S/C13H17N3O2/c1-15(2)7-6-12-14-10-5-4-9(13(17)18)8-11(10)16(12)3/h4-5,8H,6-7H2,1-3H3,(H,17,18). The quantitative estimate of drug-likeness (QED) is 0.886. The smallest absolute Gasteiger partial charge is 0.335 e. The number of likely N-dealkylation sites (N-methyl/N-ethyl adjacent to an activating group) is 1. The molecule has 0 fully saturated rings. The Kier molecular flexibility index (Phi) is 3.34. The summed E-state index contributed by atoms with van der Waals surface area (Å²) in [5.74, 6) is 0.0641. The predicted molar refractivity (Wildman–Crippen MR) is 69.9 cm³/mol. The van der Waals surface area contributed by atoms with Gasteiger partial charge in [-0.2, -0.15) is 0 Å². The van der Waals surface area contributed by atoms with Gasteiger partial charge in [-0.3, -0.25) is 0 Å². The van der Waals surface area contributed by atoms with E-state index in [-0.39, 0.29) is 0 Å². The van der Waals surface area contributed by atoms with Crippen LogP contribution in [-0.2, 0) is 13.5 Å². The van der Waals surface area contributed by atoms with Crippen molar-refractivity contribution in [2.75, 3.05) is 20.6 Å². The largest absolute Gasteiger partial charge is 0.478 e. The third-order valence-corrected chi connectivity index (χ3v) is 3.00. The summed E-state index contributed by atoms with van der Waals surface area (Å²) in [5, 5.41) is 8.98. The van der Waals surface area contributed by atoms with Gasteiger partial charge < -0.3 is 14.6 Å². The summed E-state index contributed by atoms with van der Waals surface area (Å²) < 4.78 is 1.96. The molecule has 0 aliphatic heterocycles. The van der Waals surface area contributed by atoms with Crippen LogP contribution < -0.4 is 0 Å². The first-order chi connectivity index (χ1) is 8.49. The van der Waals surface area contributed by atoms with Crippen LogP contribution in [0.2, 0.25) is 0 Å². The molecule has 2 aromatic rings. The lowest BCUT2D eigenvalue weighted by Gasteiger charge is -2.08. The number of carboxylic acids is 1. The lowest BCUT2D eigenvalue weighted by atomic mass is 10.2. The minimum Gasteiger partial charge on any atom is -0.478 e. The highest BCUT2D eigenvalue weighted by Crippen LogP contribution is 2.17. The fourth-order valence-electron chi connectivity index (χ4n) is 1.92. The van der Waals surface area contributed by atoms with Gasteiger partial charge in [-0.05, 0) is 32.3 Å². The lowest BCUT2D eigenvalue weighted by Crippen LogP contribution is -2.16. The molecule has 0 bridgehead atoms. The zero-order chi connectivity index (χ0) is 13.3. The second kappa shape index (κ2) is 4.78. The SMILES string of the molecule is CN(C)CCc1nc2ccc(C(=O)O)cc2n1C. The Balaban J connectivity index is 2.40. The second-order valence-electron chi connectivity index (χ2n) is 4.65. The zero-order valence-electron chi connectivity index (χ0n) is 10.8. The molecule has 0 unspecified atom stereocenters. The maximum atomic E-state index is 10.9. The number of nitrogens with zero attached hydrogens (tertiary/aromatic N) is 3. The van der Waals surface area contributed by atoms with Crippen molar-refractivity contribution in [3.63, 3.8) is 0 Å². The van der Waals surface area contributed by atoms with Gasteiger partial charge in [0.25, 0.3) is 0 Å². The first-order valence-electron chi connectivity index (χ1n) is 5.82. The summed E-state index contributed by atoms with van der Waals surface area (Å²) in [6, 6.07) is 5.02.